The fourth-order valence-corrected chi connectivity index (χ4v) is 1.85. The van der Waals surface area contributed by atoms with Gasteiger partial charge in [0.15, 0.2) is 0 Å². The molecule has 0 heterocycles. The van der Waals surface area contributed by atoms with Crippen LogP contribution in [0.15, 0.2) is 59.7 Å². The van der Waals surface area contributed by atoms with Crippen LogP contribution in [0.1, 0.15) is 12.5 Å². The van der Waals surface area contributed by atoms with Gasteiger partial charge in [-0.1, -0.05) is 36.4 Å². The lowest BCUT2D eigenvalue weighted by Crippen LogP contribution is -2.00. The van der Waals surface area contributed by atoms with Crippen LogP contribution in [0.3, 0.4) is 0 Å². The van der Waals surface area contributed by atoms with E-state index in [1.165, 1.54) is 12.1 Å². The van der Waals surface area contributed by atoms with Crippen LogP contribution in [0.2, 0.25) is 0 Å². The Hall–Kier alpha value is -3.55. The minimum Gasteiger partial charge on any atom is -0.271 e. The van der Waals surface area contributed by atoms with Gasteiger partial charge in [0.2, 0.25) is 0 Å². The zero-order chi connectivity index (χ0) is 17.5. The van der Waals surface area contributed by atoms with Gasteiger partial charge in [0.25, 0.3) is 5.69 Å². The number of hydrogen-bond acceptors (Lipinski definition) is 6. The molecule has 0 saturated heterocycles. The summed E-state index contributed by atoms with van der Waals surface area (Å²) in [5, 5.41) is 25.8. The van der Waals surface area contributed by atoms with Crippen LogP contribution < -0.4 is 5.43 Å². The topological polar surface area (TPSA) is 111 Å². The molecule has 0 atom stereocenters. The van der Waals surface area contributed by atoms with Gasteiger partial charge in [-0.2, -0.15) is 5.10 Å². The molecule has 2 rings (SSSR count). The number of nitrogens with one attached hydrogen (secondary N) is 1. The van der Waals surface area contributed by atoms with Gasteiger partial charge < -0.3 is 0 Å². The SMILES string of the molecule is CC(/C=C/c1ccccc1)=N/Nc1ccc([N+](=O)[O-])cc1[N+](=O)[O-]. The number of non-ortho nitro benzene ring substituents is 1. The van der Waals surface area contributed by atoms with E-state index in [0.717, 1.165) is 11.6 Å². The number of nitro groups is 2. The highest BCUT2D eigenvalue weighted by molar-refractivity contribution is 5.96. The second kappa shape index (κ2) is 7.63. The van der Waals surface area contributed by atoms with Gasteiger partial charge in [-0.05, 0) is 24.6 Å². The Bertz CT molecular complexity index is 816. The van der Waals surface area contributed by atoms with Crippen LogP contribution in [0.5, 0.6) is 0 Å². The molecule has 8 nitrogen and oxygen atoms in total. The molecule has 0 aliphatic heterocycles. The van der Waals surface area contributed by atoms with Crippen molar-refractivity contribution >= 4 is 28.8 Å². The first-order valence-electron chi connectivity index (χ1n) is 6.93. The van der Waals surface area contributed by atoms with E-state index in [2.05, 4.69) is 10.5 Å². The molecule has 0 aromatic heterocycles. The molecule has 0 radical (unpaired) electrons. The quantitative estimate of drug-likeness (QED) is 0.490. The molecular weight excluding hydrogens is 312 g/mol. The first kappa shape index (κ1) is 16.8. The number of nitrogens with zero attached hydrogens (tertiary/aromatic N) is 3. The normalized spacial score (nSPS) is 11.5. The van der Waals surface area contributed by atoms with Crippen molar-refractivity contribution in [3.8, 4) is 0 Å². The van der Waals surface area contributed by atoms with E-state index in [0.29, 0.717) is 5.71 Å². The van der Waals surface area contributed by atoms with Gasteiger partial charge in [-0.15, -0.1) is 0 Å². The Balaban J connectivity index is 2.17. The number of anilines is 1. The second-order valence-corrected chi connectivity index (χ2v) is 4.82. The molecule has 0 fully saturated rings. The number of rotatable bonds is 6. The maximum atomic E-state index is 11.0. The molecule has 2 aromatic carbocycles. The lowest BCUT2D eigenvalue weighted by atomic mass is 10.2. The van der Waals surface area contributed by atoms with E-state index < -0.39 is 15.5 Å². The molecular formula is C16H14N4O4. The minimum atomic E-state index is -0.694. The summed E-state index contributed by atoms with van der Waals surface area (Å²) in [7, 11) is 0. The Labute approximate surface area is 137 Å². The maximum absolute atomic E-state index is 11.0. The number of nitro benzene ring substituents is 2. The van der Waals surface area contributed by atoms with Crippen molar-refractivity contribution in [1.82, 2.24) is 0 Å². The summed E-state index contributed by atoms with van der Waals surface area (Å²) in [4.78, 5) is 20.4. The van der Waals surface area contributed by atoms with Crippen LogP contribution in [-0.4, -0.2) is 15.6 Å². The average molecular weight is 326 g/mol. The van der Waals surface area contributed by atoms with Crippen LogP contribution in [0, 0.1) is 20.2 Å². The predicted molar refractivity (Wildman–Crippen MR) is 92.0 cm³/mol. The van der Waals surface area contributed by atoms with E-state index >= 15 is 0 Å². The molecule has 0 amide bonds. The molecule has 0 aliphatic carbocycles. The lowest BCUT2D eigenvalue weighted by molar-refractivity contribution is -0.393. The molecule has 0 unspecified atom stereocenters. The van der Waals surface area contributed by atoms with Crippen LogP contribution in [0.25, 0.3) is 6.08 Å². The summed E-state index contributed by atoms with van der Waals surface area (Å²) in [5.41, 5.74) is 3.47. The van der Waals surface area contributed by atoms with Crippen molar-refractivity contribution in [2.75, 3.05) is 5.43 Å². The lowest BCUT2D eigenvalue weighted by Gasteiger charge is -2.02. The monoisotopic (exact) mass is 326 g/mol. The predicted octanol–water partition coefficient (Wildman–Crippen LogP) is 4.00. The number of hydrogen-bond donors (Lipinski definition) is 1. The van der Waals surface area contributed by atoms with Crippen molar-refractivity contribution in [2.24, 2.45) is 5.10 Å². The Morgan fingerprint density at radius 2 is 1.79 bits per heavy atom. The third-order valence-electron chi connectivity index (χ3n) is 3.06. The smallest absolute Gasteiger partial charge is 0.271 e. The summed E-state index contributed by atoms with van der Waals surface area (Å²) in [6.45, 7) is 1.73. The first-order valence-corrected chi connectivity index (χ1v) is 6.93. The number of benzene rings is 2. The van der Waals surface area contributed by atoms with Gasteiger partial charge in [0.05, 0.1) is 21.6 Å². The Kier molecular flexibility index (Phi) is 5.35. The van der Waals surface area contributed by atoms with Crippen molar-refractivity contribution in [3.05, 3.63) is 80.4 Å². The molecule has 24 heavy (non-hydrogen) atoms. The van der Waals surface area contributed by atoms with Gasteiger partial charge in [-0.25, -0.2) is 0 Å². The largest absolute Gasteiger partial charge is 0.301 e. The molecule has 0 aliphatic rings. The summed E-state index contributed by atoms with van der Waals surface area (Å²) in [6, 6.07) is 12.9. The van der Waals surface area contributed by atoms with Crippen molar-refractivity contribution in [3.63, 3.8) is 0 Å². The zero-order valence-electron chi connectivity index (χ0n) is 12.7. The molecule has 1 N–H and O–H groups in total. The van der Waals surface area contributed by atoms with Crippen molar-refractivity contribution in [1.29, 1.82) is 0 Å². The van der Waals surface area contributed by atoms with Gasteiger partial charge >= 0.3 is 5.69 Å². The third kappa shape index (κ3) is 4.47. The third-order valence-corrected chi connectivity index (χ3v) is 3.06. The molecule has 8 heteroatoms. The zero-order valence-corrected chi connectivity index (χ0v) is 12.7. The van der Waals surface area contributed by atoms with E-state index in [-0.39, 0.29) is 11.4 Å². The summed E-state index contributed by atoms with van der Waals surface area (Å²) in [6.07, 6.45) is 3.60. The van der Waals surface area contributed by atoms with E-state index in [1.54, 1.807) is 13.0 Å². The molecule has 0 spiro atoms. The molecule has 2 aromatic rings. The molecule has 0 bridgehead atoms. The first-order chi connectivity index (χ1) is 11.5. The highest BCUT2D eigenvalue weighted by atomic mass is 16.6. The molecule has 0 saturated carbocycles. The van der Waals surface area contributed by atoms with Crippen LogP contribution in [-0.2, 0) is 0 Å². The standard InChI is InChI=1S/C16H14N4O4/c1-12(7-8-13-5-3-2-4-6-13)17-18-15-10-9-14(19(21)22)11-16(15)20(23)24/h2-11,18H,1H3/b8-7+,17-12-. The highest BCUT2D eigenvalue weighted by Crippen LogP contribution is 2.28. The van der Waals surface area contributed by atoms with Crippen molar-refractivity contribution < 1.29 is 9.85 Å². The summed E-state index contributed by atoms with van der Waals surface area (Å²) < 4.78 is 0. The fraction of sp³-hybridized carbons (Fsp3) is 0.0625. The number of allylic oxidation sites excluding steroid dienone is 1. The summed E-state index contributed by atoms with van der Waals surface area (Å²) in [5.74, 6) is 0. The van der Waals surface area contributed by atoms with Crippen LogP contribution in [0.4, 0.5) is 17.1 Å². The Morgan fingerprint density at radius 3 is 2.42 bits per heavy atom. The van der Waals surface area contributed by atoms with Gasteiger partial charge in [0.1, 0.15) is 5.69 Å². The van der Waals surface area contributed by atoms with Gasteiger partial charge in [-0.3, -0.25) is 25.7 Å². The minimum absolute atomic E-state index is 0.0815. The highest BCUT2D eigenvalue weighted by Gasteiger charge is 2.19. The molecule has 122 valence electrons. The number of hydrazone groups is 1. The van der Waals surface area contributed by atoms with E-state index in [9.17, 15) is 20.2 Å². The second-order valence-electron chi connectivity index (χ2n) is 4.82. The van der Waals surface area contributed by atoms with Crippen molar-refractivity contribution in [2.45, 2.75) is 6.92 Å². The Morgan fingerprint density at radius 1 is 1.08 bits per heavy atom. The average Bonchev–Trinajstić information content (AvgIpc) is 2.58. The van der Waals surface area contributed by atoms with Crippen LogP contribution >= 0.6 is 0 Å². The summed E-state index contributed by atoms with van der Waals surface area (Å²) >= 11 is 0. The van der Waals surface area contributed by atoms with E-state index in [1.807, 2.05) is 36.4 Å². The fourth-order valence-electron chi connectivity index (χ4n) is 1.85. The maximum Gasteiger partial charge on any atom is 0.301 e. The van der Waals surface area contributed by atoms with Gasteiger partial charge in [0, 0.05) is 6.07 Å². The van der Waals surface area contributed by atoms with E-state index in [4.69, 9.17) is 0 Å².